The summed E-state index contributed by atoms with van der Waals surface area (Å²) in [6.45, 7) is 5.23. The second kappa shape index (κ2) is 7.52. The van der Waals surface area contributed by atoms with Gasteiger partial charge in [-0.2, -0.15) is 0 Å². The van der Waals surface area contributed by atoms with Crippen LogP contribution in [0.5, 0.6) is 0 Å². The van der Waals surface area contributed by atoms with Crippen molar-refractivity contribution in [3.8, 4) is 0 Å². The van der Waals surface area contributed by atoms with Gasteiger partial charge in [0.1, 0.15) is 0 Å². The van der Waals surface area contributed by atoms with Gasteiger partial charge >= 0.3 is 0 Å². The van der Waals surface area contributed by atoms with Crippen LogP contribution in [0.4, 0.5) is 11.4 Å². The molecule has 0 saturated heterocycles. The Hall–Kier alpha value is -2.24. The maximum absolute atomic E-state index is 11.9. The molecule has 0 fully saturated rings. The van der Waals surface area contributed by atoms with Gasteiger partial charge in [-0.1, -0.05) is 0 Å². The van der Waals surface area contributed by atoms with Gasteiger partial charge < -0.3 is 20.9 Å². The fourth-order valence-corrected chi connectivity index (χ4v) is 1.89. The summed E-state index contributed by atoms with van der Waals surface area (Å²) in [5.74, 6) is -0.159. The van der Waals surface area contributed by atoms with Crippen LogP contribution in [0.25, 0.3) is 0 Å². The Labute approximate surface area is 125 Å². The minimum absolute atomic E-state index is 0.0142. The third-order valence-electron chi connectivity index (χ3n) is 3.18. The van der Waals surface area contributed by atoms with Crippen LogP contribution in [0.1, 0.15) is 24.2 Å². The summed E-state index contributed by atoms with van der Waals surface area (Å²) in [6, 6.07) is 5.11. The lowest BCUT2D eigenvalue weighted by atomic mass is 10.1. The largest absolute Gasteiger partial charge is 0.397 e. The zero-order valence-electron chi connectivity index (χ0n) is 13.1. The zero-order chi connectivity index (χ0) is 16.0. The molecule has 0 unspecified atom stereocenters. The van der Waals surface area contributed by atoms with Gasteiger partial charge in [0, 0.05) is 32.7 Å². The first-order valence-corrected chi connectivity index (χ1v) is 7.03. The minimum Gasteiger partial charge on any atom is -0.397 e. The monoisotopic (exact) mass is 292 g/mol. The molecule has 0 spiro atoms. The molecule has 116 valence electrons. The van der Waals surface area contributed by atoms with Gasteiger partial charge in [-0.25, -0.2) is 0 Å². The van der Waals surface area contributed by atoms with E-state index in [1.165, 1.54) is 4.90 Å². The maximum Gasteiger partial charge on any atom is 0.251 e. The highest BCUT2D eigenvalue weighted by atomic mass is 16.2. The number of nitrogens with one attached hydrogen (secondary N) is 1. The minimum atomic E-state index is -0.145. The van der Waals surface area contributed by atoms with Crippen molar-refractivity contribution >= 4 is 23.2 Å². The van der Waals surface area contributed by atoms with Gasteiger partial charge in [-0.3, -0.25) is 9.59 Å². The molecule has 6 nitrogen and oxygen atoms in total. The standard InChI is InChI=1S/C15H24N4O2/c1-5-17-15(21)11-7-8-12(16)13(9-11)19(6-2)10-14(20)18(3)4/h7-9H,5-6,10,16H2,1-4H3,(H,17,21). The van der Waals surface area contributed by atoms with Crippen LogP contribution in [-0.2, 0) is 4.79 Å². The number of anilines is 2. The summed E-state index contributed by atoms with van der Waals surface area (Å²) in [5.41, 5.74) is 7.79. The van der Waals surface area contributed by atoms with Crippen molar-refractivity contribution in [3.63, 3.8) is 0 Å². The van der Waals surface area contributed by atoms with Crippen LogP contribution in [0, 0.1) is 0 Å². The van der Waals surface area contributed by atoms with E-state index in [-0.39, 0.29) is 18.4 Å². The van der Waals surface area contributed by atoms with Crippen LogP contribution in [-0.4, -0.2) is 50.4 Å². The molecule has 0 atom stereocenters. The molecule has 0 heterocycles. The molecule has 1 rings (SSSR count). The summed E-state index contributed by atoms with van der Waals surface area (Å²) in [4.78, 5) is 27.2. The molecule has 6 heteroatoms. The van der Waals surface area contributed by atoms with E-state index in [1.54, 1.807) is 32.3 Å². The van der Waals surface area contributed by atoms with Crippen molar-refractivity contribution in [1.82, 2.24) is 10.2 Å². The lowest BCUT2D eigenvalue weighted by molar-refractivity contribution is -0.127. The molecule has 0 aliphatic heterocycles. The van der Waals surface area contributed by atoms with Crippen LogP contribution in [0.3, 0.4) is 0 Å². The third kappa shape index (κ3) is 4.37. The van der Waals surface area contributed by atoms with Crippen molar-refractivity contribution in [2.45, 2.75) is 13.8 Å². The Balaban J connectivity index is 3.05. The second-order valence-electron chi connectivity index (χ2n) is 4.94. The summed E-state index contributed by atoms with van der Waals surface area (Å²) >= 11 is 0. The molecular weight excluding hydrogens is 268 g/mol. The van der Waals surface area contributed by atoms with Gasteiger partial charge in [0.25, 0.3) is 5.91 Å². The Morgan fingerprint density at radius 1 is 1.24 bits per heavy atom. The summed E-state index contributed by atoms with van der Waals surface area (Å²) in [5, 5.41) is 2.75. The van der Waals surface area contributed by atoms with E-state index in [0.29, 0.717) is 30.0 Å². The van der Waals surface area contributed by atoms with Crippen LogP contribution < -0.4 is 16.0 Å². The predicted octanol–water partition coefficient (Wildman–Crippen LogP) is 0.933. The van der Waals surface area contributed by atoms with E-state index in [0.717, 1.165) is 0 Å². The Morgan fingerprint density at radius 2 is 1.90 bits per heavy atom. The lowest BCUT2D eigenvalue weighted by Gasteiger charge is -2.26. The van der Waals surface area contributed by atoms with Gasteiger partial charge in [0.2, 0.25) is 5.91 Å². The highest BCUT2D eigenvalue weighted by Crippen LogP contribution is 2.24. The van der Waals surface area contributed by atoms with Crippen LogP contribution in [0.2, 0.25) is 0 Å². The molecule has 0 bridgehead atoms. The van der Waals surface area contributed by atoms with Gasteiger partial charge in [-0.05, 0) is 32.0 Å². The fraction of sp³-hybridized carbons (Fsp3) is 0.467. The van der Waals surface area contributed by atoms with E-state index < -0.39 is 0 Å². The number of carbonyl (C=O) groups excluding carboxylic acids is 2. The fourth-order valence-electron chi connectivity index (χ4n) is 1.89. The summed E-state index contributed by atoms with van der Waals surface area (Å²) in [7, 11) is 3.43. The number of nitrogens with two attached hydrogens (primary N) is 1. The van der Waals surface area contributed by atoms with E-state index in [4.69, 9.17) is 5.73 Å². The number of nitrogen functional groups attached to an aromatic ring is 1. The van der Waals surface area contributed by atoms with E-state index in [9.17, 15) is 9.59 Å². The first kappa shape index (κ1) is 16.8. The van der Waals surface area contributed by atoms with Crippen LogP contribution in [0.15, 0.2) is 18.2 Å². The number of carbonyl (C=O) groups is 2. The summed E-state index contributed by atoms with van der Waals surface area (Å²) < 4.78 is 0. The molecular formula is C15H24N4O2. The molecule has 1 aromatic carbocycles. The molecule has 0 saturated carbocycles. The van der Waals surface area contributed by atoms with Gasteiger partial charge in [0.05, 0.1) is 17.9 Å². The highest BCUT2D eigenvalue weighted by Gasteiger charge is 2.16. The number of benzene rings is 1. The number of nitrogens with zero attached hydrogens (tertiary/aromatic N) is 2. The normalized spacial score (nSPS) is 10.1. The molecule has 1 aromatic rings. The highest BCUT2D eigenvalue weighted by molar-refractivity contribution is 5.96. The topological polar surface area (TPSA) is 78.7 Å². The molecule has 0 aliphatic carbocycles. The van der Waals surface area contributed by atoms with E-state index >= 15 is 0 Å². The van der Waals surface area contributed by atoms with Gasteiger partial charge in [0.15, 0.2) is 0 Å². The quantitative estimate of drug-likeness (QED) is 0.765. The van der Waals surface area contributed by atoms with E-state index in [2.05, 4.69) is 5.32 Å². The Bertz CT molecular complexity index is 514. The SMILES string of the molecule is CCNC(=O)c1ccc(N)c(N(CC)CC(=O)N(C)C)c1. The predicted molar refractivity (Wildman–Crippen MR) is 85.4 cm³/mol. The van der Waals surface area contributed by atoms with Crippen molar-refractivity contribution in [3.05, 3.63) is 23.8 Å². The third-order valence-corrected chi connectivity index (χ3v) is 3.18. The number of hydrogen-bond acceptors (Lipinski definition) is 4. The average molecular weight is 292 g/mol. The van der Waals surface area contributed by atoms with Crippen molar-refractivity contribution in [1.29, 1.82) is 0 Å². The van der Waals surface area contributed by atoms with Gasteiger partial charge in [-0.15, -0.1) is 0 Å². The average Bonchev–Trinajstić information content (AvgIpc) is 2.45. The molecule has 0 aliphatic rings. The smallest absolute Gasteiger partial charge is 0.251 e. The maximum atomic E-state index is 11.9. The summed E-state index contributed by atoms with van der Waals surface area (Å²) in [6.07, 6.45) is 0. The zero-order valence-corrected chi connectivity index (χ0v) is 13.1. The molecule has 0 radical (unpaired) electrons. The first-order valence-electron chi connectivity index (χ1n) is 7.03. The molecule has 0 aromatic heterocycles. The molecule has 3 N–H and O–H groups in total. The van der Waals surface area contributed by atoms with Crippen molar-refractivity contribution in [2.75, 3.05) is 44.4 Å². The first-order chi connectivity index (χ1) is 9.90. The number of hydrogen-bond donors (Lipinski definition) is 2. The molecule has 21 heavy (non-hydrogen) atoms. The van der Waals surface area contributed by atoms with E-state index in [1.807, 2.05) is 18.7 Å². The number of rotatable bonds is 6. The lowest BCUT2D eigenvalue weighted by Crippen LogP contribution is -2.37. The second-order valence-corrected chi connectivity index (χ2v) is 4.94. The van der Waals surface area contributed by atoms with Crippen LogP contribution >= 0.6 is 0 Å². The van der Waals surface area contributed by atoms with Crippen molar-refractivity contribution in [2.24, 2.45) is 0 Å². The Kier molecular flexibility index (Phi) is 6.02. The van der Waals surface area contributed by atoms with Crippen molar-refractivity contribution < 1.29 is 9.59 Å². The number of likely N-dealkylation sites (N-methyl/N-ethyl adjacent to an activating group) is 2. The Morgan fingerprint density at radius 3 is 2.43 bits per heavy atom. The number of amides is 2. The molecule has 2 amide bonds.